The van der Waals surface area contributed by atoms with Gasteiger partial charge in [0.25, 0.3) is 0 Å². The molecule has 0 saturated carbocycles. The first-order valence-electron chi connectivity index (χ1n) is 6.59. The van der Waals surface area contributed by atoms with Crippen LogP contribution in [-0.4, -0.2) is 17.3 Å². The van der Waals surface area contributed by atoms with Gasteiger partial charge in [-0.1, -0.05) is 19.8 Å². The highest BCUT2D eigenvalue weighted by molar-refractivity contribution is 5.85. The maximum absolute atomic E-state index is 11.4. The standard InChI is InChI=1S/C14H24O3/c1-3-4-5-7-13(16)8-6-9-14(17)11-10-12(2)15/h3-11H2,1-2H3. The minimum Gasteiger partial charge on any atom is -0.300 e. The highest BCUT2D eigenvalue weighted by atomic mass is 16.1. The largest absolute Gasteiger partial charge is 0.300 e. The van der Waals surface area contributed by atoms with Gasteiger partial charge in [0.05, 0.1) is 0 Å². The molecule has 3 nitrogen and oxygen atoms in total. The zero-order valence-electron chi connectivity index (χ0n) is 11.1. The first kappa shape index (κ1) is 16.0. The molecule has 0 heterocycles. The van der Waals surface area contributed by atoms with E-state index in [4.69, 9.17) is 0 Å². The van der Waals surface area contributed by atoms with E-state index in [1.54, 1.807) is 0 Å². The maximum atomic E-state index is 11.4. The van der Waals surface area contributed by atoms with E-state index in [0.717, 1.165) is 19.3 Å². The third kappa shape index (κ3) is 11.3. The average Bonchev–Trinajstić information content (AvgIpc) is 2.27. The molecule has 0 saturated heterocycles. The van der Waals surface area contributed by atoms with Crippen molar-refractivity contribution in [3.63, 3.8) is 0 Å². The molecule has 0 aromatic heterocycles. The number of hydrogen-bond acceptors (Lipinski definition) is 3. The van der Waals surface area contributed by atoms with Crippen LogP contribution in [0, 0.1) is 0 Å². The molecule has 0 fully saturated rings. The molecule has 0 amide bonds. The second-order valence-electron chi connectivity index (χ2n) is 4.59. The predicted molar refractivity (Wildman–Crippen MR) is 67.9 cm³/mol. The van der Waals surface area contributed by atoms with Crippen LogP contribution in [0.25, 0.3) is 0 Å². The van der Waals surface area contributed by atoms with Crippen LogP contribution in [0.15, 0.2) is 0 Å². The van der Waals surface area contributed by atoms with Gasteiger partial charge in [0.1, 0.15) is 17.3 Å². The third-order valence-electron chi connectivity index (χ3n) is 2.73. The molecule has 0 aliphatic carbocycles. The molecule has 0 spiro atoms. The van der Waals surface area contributed by atoms with Crippen molar-refractivity contribution in [1.29, 1.82) is 0 Å². The summed E-state index contributed by atoms with van der Waals surface area (Å²) in [6.07, 6.45) is 6.09. The molecule has 0 rings (SSSR count). The van der Waals surface area contributed by atoms with E-state index in [9.17, 15) is 14.4 Å². The smallest absolute Gasteiger partial charge is 0.133 e. The molecule has 0 aromatic rings. The van der Waals surface area contributed by atoms with E-state index in [1.807, 2.05) is 0 Å². The van der Waals surface area contributed by atoms with Gasteiger partial charge in [-0.3, -0.25) is 9.59 Å². The minimum atomic E-state index is 0.0500. The Hall–Kier alpha value is -0.990. The van der Waals surface area contributed by atoms with Crippen molar-refractivity contribution in [3.05, 3.63) is 0 Å². The molecule has 0 radical (unpaired) electrons. The zero-order chi connectivity index (χ0) is 13.1. The molecule has 17 heavy (non-hydrogen) atoms. The monoisotopic (exact) mass is 240 g/mol. The molecule has 0 N–H and O–H groups in total. The molecular weight excluding hydrogens is 216 g/mol. The number of rotatable bonds is 11. The number of carbonyl (C=O) groups is 3. The van der Waals surface area contributed by atoms with Gasteiger partial charge in [0.15, 0.2) is 0 Å². The van der Waals surface area contributed by atoms with Gasteiger partial charge < -0.3 is 4.79 Å². The quantitative estimate of drug-likeness (QED) is 0.521. The molecule has 0 atom stereocenters. The number of ketones is 3. The summed E-state index contributed by atoms with van der Waals surface area (Å²) in [5, 5.41) is 0. The summed E-state index contributed by atoms with van der Waals surface area (Å²) in [4.78, 5) is 33.4. The van der Waals surface area contributed by atoms with Gasteiger partial charge in [0, 0.05) is 32.1 Å². The molecule has 3 heteroatoms. The van der Waals surface area contributed by atoms with Crippen molar-refractivity contribution in [2.75, 3.05) is 0 Å². The van der Waals surface area contributed by atoms with Gasteiger partial charge >= 0.3 is 0 Å². The van der Waals surface area contributed by atoms with Crippen LogP contribution in [0.3, 0.4) is 0 Å². The van der Waals surface area contributed by atoms with E-state index in [-0.39, 0.29) is 17.3 Å². The second kappa shape index (κ2) is 10.2. The Kier molecular flexibility index (Phi) is 9.59. The molecule has 0 bridgehead atoms. The zero-order valence-corrected chi connectivity index (χ0v) is 11.1. The fraction of sp³-hybridized carbons (Fsp3) is 0.786. The van der Waals surface area contributed by atoms with E-state index in [2.05, 4.69) is 6.92 Å². The van der Waals surface area contributed by atoms with Crippen LogP contribution in [-0.2, 0) is 14.4 Å². The van der Waals surface area contributed by atoms with Gasteiger partial charge in [-0.05, 0) is 19.8 Å². The van der Waals surface area contributed by atoms with Crippen LogP contribution in [0.4, 0.5) is 0 Å². The highest BCUT2D eigenvalue weighted by Gasteiger charge is 2.06. The van der Waals surface area contributed by atoms with Crippen LogP contribution < -0.4 is 0 Å². The van der Waals surface area contributed by atoms with E-state index < -0.39 is 0 Å². The summed E-state index contributed by atoms with van der Waals surface area (Å²) in [5.41, 5.74) is 0. The van der Waals surface area contributed by atoms with Crippen LogP contribution in [0.2, 0.25) is 0 Å². The first-order chi connectivity index (χ1) is 8.06. The Morgan fingerprint density at radius 1 is 0.706 bits per heavy atom. The lowest BCUT2D eigenvalue weighted by Crippen LogP contribution is -2.03. The van der Waals surface area contributed by atoms with Crippen molar-refractivity contribution in [2.24, 2.45) is 0 Å². The van der Waals surface area contributed by atoms with Gasteiger partial charge in [-0.15, -0.1) is 0 Å². The van der Waals surface area contributed by atoms with Crippen molar-refractivity contribution >= 4 is 17.3 Å². The third-order valence-corrected chi connectivity index (χ3v) is 2.73. The Labute approximate surface area is 104 Å². The van der Waals surface area contributed by atoms with Crippen LogP contribution >= 0.6 is 0 Å². The molecule has 0 aromatic carbocycles. The fourth-order valence-corrected chi connectivity index (χ4v) is 1.62. The first-order valence-corrected chi connectivity index (χ1v) is 6.59. The second-order valence-corrected chi connectivity index (χ2v) is 4.59. The lowest BCUT2D eigenvalue weighted by molar-refractivity contribution is -0.123. The van der Waals surface area contributed by atoms with E-state index in [1.165, 1.54) is 6.92 Å². The van der Waals surface area contributed by atoms with Gasteiger partial charge in [-0.2, -0.15) is 0 Å². The predicted octanol–water partition coefficient (Wildman–Crippen LogP) is 3.24. The van der Waals surface area contributed by atoms with Crippen molar-refractivity contribution in [1.82, 2.24) is 0 Å². The Morgan fingerprint density at radius 2 is 1.24 bits per heavy atom. The molecule has 0 aliphatic heterocycles. The van der Waals surface area contributed by atoms with Crippen molar-refractivity contribution in [2.45, 2.75) is 71.6 Å². The average molecular weight is 240 g/mol. The van der Waals surface area contributed by atoms with Crippen molar-refractivity contribution < 1.29 is 14.4 Å². The van der Waals surface area contributed by atoms with Gasteiger partial charge in [0.2, 0.25) is 0 Å². The number of hydrogen-bond donors (Lipinski definition) is 0. The lowest BCUT2D eigenvalue weighted by atomic mass is 10.0. The van der Waals surface area contributed by atoms with Crippen LogP contribution in [0.5, 0.6) is 0 Å². The fourth-order valence-electron chi connectivity index (χ4n) is 1.62. The summed E-state index contributed by atoms with van der Waals surface area (Å²) >= 11 is 0. The summed E-state index contributed by atoms with van der Waals surface area (Å²) in [6.45, 7) is 3.60. The van der Waals surface area contributed by atoms with Gasteiger partial charge in [-0.25, -0.2) is 0 Å². The topological polar surface area (TPSA) is 51.2 Å². The molecular formula is C14H24O3. The van der Waals surface area contributed by atoms with Crippen molar-refractivity contribution in [3.8, 4) is 0 Å². The SMILES string of the molecule is CCCCCC(=O)CCCC(=O)CCC(C)=O. The summed E-state index contributed by atoms with van der Waals surface area (Å²) < 4.78 is 0. The molecule has 0 unspecified atom stereocenters. The molecule has 0 aliphatic rings. The van der Waals surface area contributed by atoms with E-state index >= 15 is 0 Å². The van der Waals surface area contributed by atoms with E-state index in [0.29, 0.717) is 38.5 Å². The number of carbonyl (C=O) groups excluding carboxylic acids is 3. The minimum absolute atomic E-state index is 0.0500. The Balaban J connectivity index is 3.45. The summed E-state index contributed by atoms with van der Waals surface area (Å²) in [7, 11) is 0. The molecule has 98 valence electrons. The highest BCUT2D eigenvalue weighted by Crippen LogP contribution is 2.07. The Bertz CT molecular complexity index is 256. The Morgan fingerprint density at radius 3 is 1.76 bits per heavy atom. The summed E-state index contributed by atoms with van der Waals surface area (Å²) in [5.74, 6) is 0.411. The number of unbranched alkanes of at least 4 members (excludes halogenated alkanes) is 2. The summed E-state index contributed by atoms with van der Waals surface area (Å²) in [6, 6.07) is 0. The lowest BCUT2D eigenvalue weighted by Gasteiger charge is -2.00. The number of Topliss-reactive ketones (excluding diaryl/α,β-unsaturated/α-hetero) is 3. The maximum Gasteiger partial charge on any atom is 0.133 e. The normalized spacial score (nSPS) is 10.2. The van der Waals surface area contributed by atoms with Crippen LogP contribution in [0.1, 0.15) is 71.6 Å².